The van der Waals surface area contributed by atoms with Crippen LogP contribution in [-0.2, 0) is 0 Å². The molecule has 6 aromatic rings. The first-order valence-electron chi connectivity index (χ1n) is 11.2. The molecule has 0 amide bonds. The second kappa shape index (κ2) is 7.64. The van der Waals surface area contributed by atoms with Gasteiger partial charge in [-0.2, -0.15) is 5.10 Å². The minimum Gasteiger partial charge on any atom is -0.352 e. The van der Waals surface area contributed by atoms with Gasteiger partial charge in [0.15, 0.2) is 11.5 Å². The summed E-state index contributed by atoms with van der Waals surface area (Å²) < 4.78 is 0. The van der Waals surface area contributed by atoms with Gasteiger partial charge in [0.05, 0.1) is 34.7 Å². The van der Waals surface area contributed by atoms with Crippen LogP contribution >= 0.6 is 0 Å². The molecule has 0 bridgehead atoms. The van der Waals surface area contributed by atoms with E-state index in [-0.39, 0.29) is 6.04 Å². The predicted octanol–water partition coefficient (Wildman–Crippen LogP) is 2.56. The van der Waals surface area contributed by atoms with Crippen LogP contribution in [0.25, 0.3) is 56.1 Å². The number of hydrogen-bond donors (Lipinski definition) is 3. The Morgan fingerprint density at radius 1 is 0.886 bits per heavy atom. The summed E-state index contributed by atoms with van der Waals surface area (Å²) in [5.41, 5.74) is 12.2. The lowest BCUT2D eigenvalue weighted by molar-refractivity contribution is 0.514. The molecular weight excluding hydrogens is 442 g/mol. The Morgan fingerprint density at radius 3 is 2.63 bits per heavy atom. The molecule has 7 rings (SSSR count). The van der Waals surface area contributed by atoms with Gasteiger partial charge in [0.2, 0.25) is 0 Å². The summed E-state index contributed by atoms with van der Waals surface area (Å²) in [6.45, 7) is 1.56. The molecule has 6 aromatic heterocycles. The molecule has 7 heterocycles. The lowest BCUT2D eigenvalue weighted by Gasteiger charge is -2.37. The zero-order valence-electron chi connectivity index (χ0n) is 18.4. The molecule has 170 valence electrons. The van der Waals surface area contributed by atoms with Gasteiger partial charge in [-0.25, -0.2) is 15.0 Å². The number of imidazole rings is 1. The molecule has 1 aliphatic rings. The summed E-state index contributed by atoms with van der Waals surface area (Å²) in [6, 6.07) is 7.92. The Bertz CT molecular complexity index is 1680. The SMILES string of the molecule is NC1CN(c2cncc(-c3cnc4[nH]nc(-c5nc6c(-c7ccncc7)nccc6[nH]5)c4c3)n2)C1. The van der Waals surface area contributed by atoms with Crippen molar-refractivity contribution in [2.75, 3.05) is 18.0 Å². The van der Waals surface area contributed by atoms with Gasteiger partial charge >= 0.3 is 0 Å². The van der Waals surface area contributed by atoms with Crippen LogP contribution < -0.4 is 10.6 Å². The Labute approximate surface area is 198 Å². The maximum Gasteiger partial charge on any atom is 0.159 e. The normalized spacial score (nSPS) is 14.0. The maximum absolute atomic E-state index is 5.92. The molecule has 11 heteroatoms. The summed E-state index contributed by atoms with van der Waals surface area (Å²) >= 11 is 0. The summed E-state index contributed by atoms with van der Waals surface area (Å²) in [7, 11) is 0. The van der Waals surface area contributed by atoms with E-state index in [9.17, 15) is 0 Å². The number of H-pyrrole nitrogens is 2. The van der Waals surface area contributed by atoms with E-state index in [1.807, 2.05) is 24.3 Å². The number of aromatic amines is 2. The third kappa shape index (κ3) is 3.28. The van der Waals surface area contributed by atoms with Crippen molar-refractivity contribution in [2.24, 2.45) is 5.73 Å². The Kier molecular flexibility index (Phi) is 4.29. The van der Waals surface area contributed by atoms with E-state index in [0.29, 0.717) is 17.2 Å². The number of nitrogens with one attached hydrogen (secondary N) is 2. The first kappa shape index (κ1) is 19.7. The van der Waals surface area contributed by atoms with Gasteiger partial charge in [-0.15, -0.1) is 0 Å². The molecule has 0 aromatic carbocycles. The Morgan fingerprint density at radius 2 is 1.77 bits per heavy atom. The zero-order valence-corrected chi connectivity index (χ0v) is 18.4. The first-order chi connectivity index (χ1) is 17.2. The average Bonchev–Trinajstić information content (AvgIpc) is 3.51. The van der Waals surface area contributed by atoms with Gasteiger partial charge in [-0.3, -0.25) is 20.1 Å². The van der Waals surface area contributed by atoms with E-state index in [2.05, 4.69) is 40.0 Å². The summed E-state index contributed by atoms with van der Waals surface area (Å²) in [5.74, 6) is 1.44. The van der Waals surface area contributed by atoms with Crippen LogP contribution in [0.2, 0.25) is 0 Å². The number of rotatable bonds is 4. The maximum atomic E-state index is 5.92. The van der Waals surface area contributed by atoms with Crippen molar-refractivity contribution < 1.29 is 0 Å². The van der Waals surface area contributed by atoms with Gasteiger partial charge in [0.25, 0.3) is 0 Å². The van der Waals surface area contributed by atoms with Crippen LogP contribution in [0.3, 0.4) is 0 Å². The molecule has 35 heavy (non-hydrogen) atoms. The summed E-state index contributed by atoms with van der Waals surface area (Å²) in [4.78, 5) is 32.7. The fourth-order valence-electron chi connectivity index (χ4n) is 4.34. The minimum absolute atomic E-state index is 0.185. The fourth-order valence-corrected chi connectivity index (χ4v) is 4.34. The average molecular weight is 461 g/mol. The van der Waals surface area contributed by atoms with Crippen molar-refractivity contribution in [2.45, 2.75) is 6.04 Å². The fraction of sp³-hybridized carbons (Fsp3) is 0.125. The van der Waals surface area contributed by atoms with Gasteiger partial charge in [-0.05, 0) is 24.3 Å². The molecule has 0 aliphatic carbocycles. The number of nitrogens with zero attached hydrogens (tertiary/aromatic N) is 8. The van der Waals surface area contributed by atoms with Crippen LogP contribution in [0.1, 0.15) is 0 Å². The summed E-state index contributed by atoms with van der Waals surface area (Å²) in [5, 5.41) is 8.34. The molecule has 0 radical (unpaired) electrons. The zero-order chi connectivity index (χ0) is 23.4. The number of aromatic nitrogens is 9. The summed E-state index contributed by atoms with van der Waals surface area (Å²) in [6.07, 6.45) is 10.5. The number of anilines is 1. The van der Waals surface area contributed by atoms with Crippen molar-refractivity contribution in [1.29, 1.82) is 0 Å². The molecule has 4 N–H and O–H groups in total. The predicted molar refractivity (Wildman–Crippen MR) is 131 cm³/mol. The van der Waals surface area contributed by atoms with E-state index < -0.39 is 0 Å². The molecule has 0 atom stereocenters. The molecule has 0 saturated carbocycles. The molecule has 1 saturated heterocycles. The lowest BCUT2D eigenvalue weighted by Crippen LogP contribution is -2.56. The van der Waals surface area contributed by atoms with E-state index in [1.165, 1.54) is 0 Å². The van der Waals surface area contributed by atoms with E-state index in [1.54, 1.807) is 37.2 Å². The molecule has 0 spiro atoms. The van der Waals surface area contributed by atoms with E-state index in [0.717, 1.165) is 57.8 Å². The minimum atomic E-state index is 0.185. The molecular formula is C24H19N11. The number of hydrogen-bond acceptors (Lipinski definition) is 9. The topological polar surface area (TPSA) is 151 Å². The standard InChI is InChI=1S/C24H19N11/c25-15-11-35(12-15)19-10-27-9-18(30-19)14-7-16-21(33-34-23(16)29-8-14)24-31-17-3-6-28-20(22(17)32-24)13-1-4-26-5-2-13/h1-10,15H,11-12,25H2,(H,31,32)(H,29,33,34). The van der Waals surface area contributed by atoms with Crippen molar-refractivity contribution in [3.05, 3.63) is 61.4 Å². The first-order valence-corrected chi connectivity index (χ1v) is 11.2. The van der Waals surface area contributed by atoms with Crippen molar-refractivity contribution in [3.63, 3.8) is 0 Å². The number of fused-ring (bicyclic) bond motifs is 2. The van der Waals surface area contributed by atoms with Gasteiger partial charge in [0, 0.05) is 55.0 Å². The lowest BCUT2D eigenvalue weighted by atomic mass is 10.1. The smallest absolute Gasteiger partial charge is 0.159 e. The highest BCUT2D eigenvalue weighted by Gasteiger charge is 2.25. The quantitative estimate of drug-likeness (QED) is 0.360. The van der Waals surface area contributed by atoms with Gasteiger partial charge < -0.3 is 15.6 Å². The highest BCUT2D eigenvalue weighted by atomic mass is 15.3. The Hall–Kier alpha value is -4.77. The molecule has 1 fully saturated rings. The molecule has 11 nitrogen and oxygen atoms in total. The molecule has 0 unspecified atom stereocenters. The van der Waals surface area contributed by atoms with Gasteiger partial charge in [-0.1, -0.05) is 0 Å². The van der Waals surface area contributed by atoms with Crippen molar-refractivity contribution >= 4 is 27.9 Å². The van der Waals surface area contributed by atoms with Crippen molar-refractivity contribution in [1.82, 2.24) is 45.1 Å². The third-order valence-corrected chi connectivity index (χ3v) is 6.15. The monoisotopic (exact) mass is 461 g/mol. The highest BCUT2D eigenvalue weighted by molar-refractivity contribution is 5.96. The van der Waals surface area contributed by atoms with Gasteiger partial charge in [0.1, 0.15) is 17.0 Å². The van der Waals surface area contributed by atoms with E-state index in [4.69, 9.17) is 15.7 Å². The van der Waals surface area contributed by atoms with Crippen molar-refractivity contribution in [3.8, 4) is 34.0 Å². The van der Waals surface area contributed by atoms with Crippen LogP contribution in [0.4, 0.5) is 5.82 Å². The second-order valence-electron chi connectivity index (χ2n) is 8.50. The second-order valence-corrected chi connectivity index (χ2v) is 8.50. The van der Waals surface area contributed by atoms with Crippen LogP contribution in [-0.4, -0.2) is 64.2 Å². The molecule has 1 aliphatic heterocycles. The largest absolute Gasteiger partial charge is 0.352 e. The Balaban J connectivity index is 1.31. The van der Waals surface area contributed by atoms with Crippen LogP contribution in [0.15, 0.2) is 61.4 Å². The van der Waals surface area contributed by atoms with Crippen LogP contribution in [0.5, 0.6) is 0 Å². The highest BCUT2D eigenvalue weighted by Crippen LogP contribution is 2.31. The van der Waals surface area contributed by atoms with E-state index >= 15 is 0 Å². The third-order valence-electron chi connectivity index (χ3n) is 6.15. The number of nitrogens with two attached hydrogens (primary N) is 1. The number of pyridine rings is 3. The van der Waals surface area contributed by atoms with Crippen LogP contribution in [0, 0.1) is 0 Å².